The SMILES string of the molecule is Cc1nc(C2(N)CC2)nc2c(C(F)(F)F)cccc12. The van der Waals surface area contributed by atoms with Crippen molar-refractivity contribution in [3.63, 3.8) is 0 Å². The van der Waals surface area contributed by atoms with Crippen LogP contribution in [0.15, 0.2) is 18.2 Å². The van der Waals surface area contributed by atoms with Gasteiger partial charge < -0.3 is 5.73 Å². The van der Waals surface area contributed by atoms with E-state index in [2.05, 4.69) is 9.97 Å². The highest BCUT2D eigenvalue weighted by Crippen LogP contribution is 2.42. The Labute approximate surface area is 107 Å². The van der Waals surface area contributed by atoms with Gasteiger partial charge in [0.2, 0.25) is 0 Å². The molecule has 0 aliphatic heterocycles. The summed E-state index contributed by atoms with van der Waals surface area (Å²) in [4.78, 5) is 8.33. The van der Waals surface area contributed by atoms with Crippen LogP contribution in [-0.2, 0) is 11.7 Å². The molecule has 1 aliphatic carbocycles. The summed E-state index contributed by atoms with van der Waals surface area (Å²) in [5.74, 6) is 0.314. The van der Waals surface area contributed by atoms with Crippen LogP contribution in [0.25, 0.3) is 10.9 Å². The Morgan fingerprint density at radius 3 is 2.47 bits per heavy atom. The lowest BCUT2D eigenvalue weighted by Gasteiger charge is -2.14. The van der Waals surface area contributed by atoms with Gasteiger partial charge in [0, 0.05) is 11.1 Å². The number of aromatic nitrogens is 2. The summed E-state index contributed by atoms with van der Waals surface area (Å²) < 4.78 is 39.0. The van der Waals surface area contributed by atoms with E-state index in [1.54, 1.807) is 13.0 Å². The highest BCUT2D eigenvalue weighted by molar-refractivity contribution is 5.84. The second-order valence-electron chi connectivity index (χ2n) is 4.99. The number of nitrogens with zero attached hydrogens (tertiary/aromatic N) is 2. The van der Waals surface area contributed by atoms with Gasteiger partial charge in [-0.1, -0.05) is 12.1 Å². The van der Waals surface area contributed by atoms with Crippen molar-refractivity contribution in [3.05, 3.63) is 35.3 Å². The minimum absolute atomic E-state index is 0.0609. The molecule has 0 atom stereocenters. The normalized spacial score (nSPS) is 17.7. The maximum atomic E-state index is 13.0. The summed E-state index contributed by atoms with van der Waals surface area (Å²) in [6, 6.07) is 4.00. The standard InChI is InChI=1S/C13H12F3N3/c1-7-8-3-2-4-9(13(14,15)16)10(8)19-11(18-7)12(17)5-6-12/h2-4H,5-6,17H2,1H3. The maximum Gasteiger partial charge on any atom is 0.418 e. The average Bonchev–Trinajstić information content (AvgIpc) is 3.07. The molecule has 1 saturated carbocycles. The summed E-state index contributed by atoms with van der Waals surface area (Å²) in [5.41, 5.74) is 5.07. The van der Waals surface area contributed by atoms with Crippen molar-refractivity contribution in [2.75, 3.05) is 0 Å². The minimum Gasteiger partial charge on any atom is -0.319 e. The fourth-order valence-corrected chi connectivity index (χ4v) is 2.12. The molecule has 0 radical (unpaired) electrons. The molecule has 1 aromatic heterocycles. The number of alkyl halides is 3. The van der Waals surface area contributed by atoms with Crippen LogP contribution < -0.4 is 5.73 Å². The molecule has 0 amide bonds. The average molecular weight is 267 g/mol. The fourth-order valence-electron chi connectivity index (χ4n) is 2.12. The second-order valence-corrected chi connectivity index (χ2v) is 4.99. The van der Waals surface area contributed by atoms with Crippen molar-refractivity contribution in [3.8, 4) is 0 Å². The van der Waals surface area contributed by atoms with Crippen LogP contribution in [0, 0.1) is 6.92 Å². The van der Waals surface area contributed by atoms with E-state index in [0.717, 1.165) is 6.07 Å². The van der Waals surface area contributed by atoms with Crippen molar-refractivity contribution in [1.29, 1.82) is 0 Å². The molecule has 2 aromatic rings. The number of rotatable bonds is 1. The van der Waals surface area contributed by atoms with E-state index in [9.17, 15) is 13.2 Å². The first kappa shape index (κ1) is 12.3. The van der Waals surface area contributed by atoms with Crippen LogP contribution in [0.5, 0.6) is 0 Å². The van der Waals surface area contributed by atoms with Gasteiger partial charge in [-0.05, 0) is 25.8 Å². The first-order valence-corrected chi connectivity index (χ1v) is 5.95. The third kappa shape index (κ3) is 1.96. The van der Waals surface area contributed by atoms with Gasteiger partial charge in [-0.15, -0.1) is 0 Å². The molecule has 19 heavy (non-hydrogen) atoms. The van der Waals surface area contributed by atoms with Gasteiger partial charge in [-0.25, -0.2) is 9.97 Å². The van der Waals surface area contributed by atoms with Crippen LogP contribution in [-0.4, -0.2) is 9.97 Å². The molecule has 2 N–H and O–H groups in total. The van der Waals surface area contributed by atoms with E-state index >= 15 is 0 Å². The van der Waals surface area contributed by atoms with Gasteiger partial charge in [0.1, 0.15) is 5.82 Å². The van der Waals surface area contributed by atoms with Crippen molar-refractivity contribution in [2.45, 2.75) is 31.5 Å². The summed E-state index contributed by atoms with van der Waals surface area (Å²) in [5, 5.41) is 0.419. The lowest BCUT2D eigenvalue weighted by molar-refractivity contribution is -0.136. The van der Waals surface area contributed by atoms with Crippen LogP contribution in [0.3, 0.4) is 0 Å². The van der Waals surface area contributed by atoms with Crippen LogP contribution in [0.4, 0.5) is 13.2 Å². The van der Waals surface area contributed by atoms with E-state index in [-0.39, 0.29) is 5.52 Å². The highest BCUT2D eigenvalue weighted by atomic mass is 19.4. The Balaban J connectivity index is 2.32. The lowest BCUT2D eigenvalue weighted by Crippen LogP contribution is -2.23. The Kier molecular flexibility index (Phi) is 2.38. The quantitative estimate of drug-likeness (QED) is 0.864. The molecule has 0 saturated heterocycles. The van der Waals surface area contributed by atoms with Crippen LogP contribution in [0.2, 0.25) is 0 Å². The van der Waals surface area contributed by atoms with Crippen LogP contribution >= 0.6 is 0 Å². The molecular formula is C13H12F3N3. The number of hydrogen-bond acceptors (Lipinski definition) is 3. The van der Waals surface area contributed by atoms with E-state index in [1.807, 2.05) is 0 Å². The smallest absolute Gasteiger partial charge is 0.319 e. The molecule has 3 rings (SSSR count). The fraction of sp³-hybridized carbons (Fsp3) is 0.385. The van der Waals surface area contributed by atoms with Crippen LogP contribution in [0.1, 0.15) is 29.9 Å². The monoisotopic (exact) mass is 267 g/mol. The Morgan fingerprint density at radius 1 is 1.21 bits per heavy atom. The lowest BCUT2D eigenvalue weighted by atomic mass is 10.1. The molecule has 6 heteroatoms. The second kappa shape index (κ2) is 3.66. The number of hydrogen-bond donors (Lipinski definition) is 1. The Bertz CT molecular complexity index is 660. The van der Waals surface area contributed by atoms with E-state index in [0.29, 0.717) is 29.7 Å². The summed E-state index contributed by atoms with van der Waals surface area (Å²) in [6.45, 7) is 1.68. The summed E-state index contributed by atoms with van der Waals surface area (Å²) >= 11 is 0. The molecule has 0 bridgehead atoms. The van der Waals surface area contributed by atoms with Crippen molar-refractivity contribution < 1.29 is 13.2 Å². The number of aryl methyl sites for hydroxylation is 1. The highest BCUT2D eigenvalue weighted by Gasteiger charge is 2.44. The van der Waals surface area contributed by atoms with E-state index in [1.165, 1.54) is 6.07 Å². The zero-order valence-corrected chi connectivity index (χ0v) is 10.3. The zero-order valence-electron chi connectivity index (χ0n) is 10.3. The molecule has 0 unspecified atom stereocenters. The molecule has 3 nitrogen and oxygen atoms in total. The number of para-hydroxylation sites is 1. The van der Waals surface area contributed by atoms with Gasteiger partial charge in [-0.3, -0.25) is 0 Å². The molecule has 1 fully saturated rings. The predicted octanol–water partition coefficient (Wildman–Crippen LogP) is 2.90. The molecule has 1 aliphatic rings. The van der Waals surface area contributed by atoms with Gasteiger partial charge in [0.25, 0.3) is 0 Å². The Morgan fingerprint density at radius 2 is 1.89 bits per heavy atom. The topological polar surface area (TPSA) is 51.8 Å². The van der Waals surface area contributed by atoms with E-state index < -0.39 is 17.3 Å². The zero-order chi connectivity index (χ0) is 13.8. The number of nitrogens with two attached hydrogens (primary N) is 1. The minimum atomic E-state index is -4.43. The summed E-state index contributed by atoms with van der Waals surface area (Å²) in [7, 11) is 0. The maximum absolute atomic E-state index is 13.0. The Hall–Kier alpha value is -1.69. The third-order valence-corrected chi connectivity index (χ3v) is 3.46. The largest absolute Gasteiger partial charge is 0.418 e. The van der Waals surface area contributed by atoms with Crippen molar-refractivity contribution in [1.82, 2.24) is 9.97 Å². The third-order valence-electron chi connectivity index (χ3n) is 3.46. The molecule has 1 heterocycles. The van der Waals surface area contributed by atoms with Gasteiger partial charge >= 0.3 is 6.18 Å². The molecule has 0 spiro atoms. The molecule has 100 valence electrons. The number of halogens is 3. The predicted molar refractivity (Wildman–Crippen MR) is 64.4 cm³/mol. The molecular weight excluding hydrogens is 255 g/mol. The van der Waals surface area contributed by atoms with Gasteiger partial charge in [0.05, 0.1) is 16.6 Å². The summed E-state index contributed by atoms with van der Waals surface area (Å²) in [6.07, 6.45) is -3.00. The number of fused-ring (bicyclic) bond motifs is 1. The first-order valence-electron chi connectivity index (χ1n) is 5.95. The number of benzene rings is 1. The molecule has 1 aromatic carbocycles. The van der Waals surface area contributed by atoms with Crippen molar-refractivity contribution in [2.24, 2.45) is 5.73 Å². The van der Waals surface area contributed by atoms with Gasteiger partial charge in [-0.2, -0.15) is 13.2 Å². The van der Waals surface area contributed by atoms with Gasteiger partial charge in [0.15, 0.2) is 0 Å². The first-order chi connectivity index (χ1) is 8.81. The van der Waals surface area contributed by atoms with E-state index in [4.69, 9.17) is 5.73 Å². The van der Waals surface area contributed by atoms with Crippen molar-refractivity contribution >= 4 is 10.9 Å².